The van der Waals surface area contributed by atoms with E-state index in [1.54, 1.807) is 12.5 Å². The number of carbonyl (C=O) groups is 2. The molecule has 0 spiro atoms. The van der Waals surface area contributed by atoms with Crippen molar-refractivity contribution in [1.29, 1.82) is 0 Å². The molecule has 0 saturated carbocycles. The Morgan fingerprint density at radius 3 is 2.78 bits per heavy atom. The highest BCUT2D eigenvalue weighted by Crippen LogP contribution is 2.47. The Labute approximate surface area is 235 Å². The molecule has 3 aromatic heterocycles. The van der Waals surface area contributed by atoms with Crippen LogP contribution in [-0.4, -0.2) is 66.9 Å². The number of benzene rings is 1. The van der Waals surface area contributed by atoms with Crippen LogP contribution in [0.15, 0.2) is 55.4 Å². The normalized spacial score (nSPS) is 23.8. The molecular weight excluding hydrogens is 528 g/mol. The van der Waals surface area contributed by atoms with Gasteiger partial charge in [0.15, 0.2) is 23.2 Å². The molecule has 2 fully saturated rings. The minimum atomic E-state index is -0.970. The van der Waals surface area contributed by atoms with Crippen molar-refractivity contribution in [2.24, 2.45) is 5.92 Å². The first-order valence-electron chi connectivity index (χ1n) is 13.7. The molecule has 2 saturated heterocycles. The molecule has 5 atom stereocenters. The van der Waals surface area contributed by atoms with E-state index in [1.165, 1.54) is 12.5 Å². The number of aromatic carboxylic acids is 1. The molecule has 1 aromatic carbocycles. The average Bonchev–Trinajstić information content (AvgIpc) is 3.71. The van der Waals surface area contributed by atoms with Crippen molar-refractivity contribution in [3.05, 3.63) is 72.1 Å². The van der Waals surface area contributed by atoms with Gasteiger partial charge in [0.1, 0.15) is 12.4 Å². The van der Waals surface area contributed by atoms with Crippen molar-refractivity contribution in [3.8, 4) is 0 Å². The zero-order valence-corrected chi connectivity index (χ0v) is 22.5. The molecule has 5 heterocycles. The van der Waals surface area contributed by atoms with Crippen LogP contribution < -0.4 is 16.0 Å². The van der Waals surface area contributed by atoms with Crippen LogP contribution in [-0.2, 0) is 16.0 Å². The number of nitrogens with one attached hydrogen (secondary N) is 4. The van der Waals surface area contributed by atoms with E-state index in [2.05, 4.69) is 48.0 Å². The van der Waals surface area contributed by atoms with E-state index >= 15 is 0 Å². The van der Waals surface area contributed by atoms with Crippen molar-refractivity contribution in [2.45, 2.75) is 50.8 Å². The van der Waals surface area contributed by atoms with Crippen LogP contribution in [0.4, 0.5) is 10.6 Å². The highest BCUT2D eigenvalue weighted by molar-refractivity contribution is 5.95. The molecule has 41 heavy (non-hydrogen) atoms. The first-order chi connectivity index (χ1) is 20.0. The summed E-state index contributed by atoms with van der Waals surface area (Å²) < 4.78 is 15.2. The summed E-state index contributed by atoms with van der Waals surface area (Å²) in [5, 5.41) is 18.2. The van der Waals surface area contributed by atoms with Gasteiger partial charge >= 0.3 is 12.0 Å². The van der Waals surface area contributed by atoms with Gasteiger partial charge in [-0.3, -0.25) is 9.88 Å². The first kappa shape index (κ1) is 26.9. The van der Waals surface area contributed by atoms with E-state index in [1.807, 2.05) is 29.7 Å². The molecule has 2 aliphatic rings. The Bertz CT molecular complexity index is 1520. The van der Waals surface area contributed by atoms with Crippen LogP contribution in [0.2, 0.25) is 0 Å². The summed E-state index contributed by atoms with van der Waals surface area (Å²) in [6, 6.07) is 9.78. The van der Waals surface area contributed by atoms with Crippen molar-refractivity contribution < 1.29 is 24.2 Å². The van der Waals surface area contributed by atoms with Gasteiger partial charge in [0.2, 0.25) is 0 Å². The fourth-order valence-electron chi connectivity index (χ4n) is 5.77. The molecule has 6 rings (SSSR count). The zero-order chi connectivity index (χ0) is 28.3. The number of aromatic nitrogens is 5. The lowest BCUT2D eigenvalue weighted by atomic mass is 9.86. The van der Waals surface area contributed by atoms with Crippen LogP contribution in [0.25, 0.3) is 11.2 Å². The van der Waals surface area contributed by atoms with E-state index in [9.17, 15) is 14.7 Å². The van der Waals surface area contributed by atoms with E-state index in [4.69, 9.17) is 9.47 Å². The first-order valence-corrected chi connectivity index (χ1v) is 13.7. The lowest BCUT2D eigenvalue weighted by Crippen LogP contribution is -2.38. The molecule has 214 valence electrons. The van der Waals surface area contributed by atoms with Crippen LogP contribution in [0, 0.1) is 5.92 Å². The molecule has 4 aromatic rings. The van der Waals surface area contributed by atoms with E-state index < -0.39 is 12.2 Å². The molecule has 4 unspecified atom stereocenters. The number of ether oxygens (including phenoxy) is 2. The average molecular weight is 561 g/mol. The summed E-state index contributed by atoms with van der Waals surface area (Å²) in [5.41, 5.74) is 3.01. The number of fused-ring (bicyclic) bond motifs is 2. The monoisotopic (exact) mass is 560 g/mol. The number of rotatable bonds is 9. The Hall–Kier alpha value is -4.33. The Balaban J connectivity index is 1.26. The van der Waals surface area contributed by atoms with Crippen molar-refractivity contribution in [2.75, 3.05) is 18.4 Å². The van der Waals surface area contributed by atoms with Gasteiger partial charge in [-0.05, 0) is 30.9 Å². The largest absolute Gasteiger partial charge is 0.478 e. The van der Waals surface area contributed by atoms with Crippen LogP contribution in [0.3, 0.4) is 0 Å². The number of carboxylic acids is 1. The predicted molar refractivity (Wildman–Crippen MR) is 148 cm³/mol. The third-order valence-corrected chi connectivity index (χ3v) is 7.67. The van der Waals surface area contributed by atoms with Crippen LogP contribution in [0.5, 0.6) is 0 Å². The standard InChI is InChI=1S/C28H32N8O5/c1-2-31-28(39)35-24-22-25(33-14-32-24)36(15-34-22)26-23-18(8-9-20(40-23)16-6-4-3-5-7-16)21(41-26)13-30-11-17-10-29-12-19(17)27(37)38/h3-7,10,12,14-15,18,20-21,23,26,29-30H,2,8-9,11,13H2,1H3,(H,37,38)(H2,31,32,33,35,39)/t18?,20-,21?,23?,26?/m1/s1. The van der Waals surface area contributed by atoms with Gasteiger partial charge in [-0.2, -0.15) is 0 Å². The van der Waals surface area contributed by atoms with Gasteiger partial charge in [-0.25, -0.2) is 24.5 Å². The summed E-state index contributed by atoms with van der Waals surface area (Å²) in [6.07, 6.45) is 6.88. The number of aromatic amines is 1. The minimum Gasteiger partial charge on any atom is -0.478 e. The van der Waals surface area contributed by atoms with Crippen molar-refractivity contribution in [1.82, 2.24) is 35.1 Å². The van der Waals surface area contributed by atoms with Gasteiger partial charge in [-0.15, -0.1) is 0 Å². The quantitative estimate of drug-likeness (QED) is 0.206. The third kappa shape index (κ3) is 5.38. The molecule has 13 nitrogen and oxygen atoms in total. The summed E-state index contributed by atoms with van der Waals surface area (Å²) in [7, 11) is 0. The lowest BCUT2D eigenvalue weighted by Gasteiger charge is -2.35. The molecule has 5 N–H and O–H groups in total. The van der Waals surface area contributed by atoms with Gasteiger partial charge in [-0.1, -0.05) is 30.3 Å². The summed E-state index contributed by atoms with van der Waals surface area (Å²) in [5.74, 6) is -0.576. The molecule has 0 radical (unpaired) electrons. The Kier molecular flexibility index (Phi) is 7.63. The number of imidazole rings is 1. The zero-order valence-electron chi connectivity index (χ0n) is 22.5. The molecule has 2 amide bonds. The number of carbonyl (C=O) groups excluding carboxylic acids is 1. The molecule has 2 aliphatic heterocycles. The SMILES string of the molecule is CCNC(=O)Nc1ncnc2c1ncn2C1OC(CNCc2c[nH]cc2C(=O)O)C2CC[C@H](c3ccccc3)OC21. The Morgan fingerprint density at radius 1 is 1.12 bits per heavy atom. The van der Waals surface area contributed by atoms with E-state index in [-0.39, 0.29) is 35.8 Å². The fourth-order valence-corrected chi connectivity index (χ4v) is 5.77. The maximum absolute atomic E-state index is 12.2. The summed E-state index contributed by atoms with van der Waals surface area (Å²) in [4.78, 5) is 39.7. The predicted octanol–water partition coefficient (Wildman–Crippen LogP) is 3.22. The number of H-pyrrole nitrogens is 1. The molecular formula is C28H32N8O5. The molecule has 13 heteroatoms. The number of hydrogen-bond donors (Lipinski definition) is 5. The van der Waals surface area contributed by atoms with Gasteiger partial charge in [0.05, 0.1) is 24.1 Å². The summed E-state index contributed by atoms with van der Waals surface area (Å²) in [6.45, 7) is 3.20. The maximum atomic E-state index is 12.2. The molecule has 0 bridgehead atoms. The fraction of sp³-hybridized carbons (Fsp3) is 0.393. The second-order valence-electron chi connectivity index (χ2n) is 10.2. The number of amides is 2. The number of nitrogens with zero attached hydrogens (tertiary/aromatic N) is 4. The smallest absolute Gasteiger partial charge is 0.337 e. The van der Waals surface area contributed by atoms with E-state index in [0.29, 0.717) is 42.2 Å². The van der Waals surface area contributed by atoms with Gasteiger partial charge in [0, 0.05) is 37.9 Å². The topological polar surface area (TPSA) is 168 Å². The highest BCUT2D eigenvalue weighted by atomic mass is 16.6. The van der Waals surface area contributed by atoms with Crippen molar-refractivity contribution in [3.63, 3.8) is 0 Å². The second-order valence-corrected chi connectivity index (χ2v) is 10.2. The second kappa shape index (κ2) is 11.6. The summed E-state index contributed by atoms with van der Waals surface area (Å²) >= 11 is 0. The van der Waals surface area contributed by atoms with Crippen LogP contribution in [0.1, 0.15) is 53.6 Å². The maximum Gasteiger partial charge on any atom is 0.337 e. The van der Waals surface area contributed by atoms with Gasteiger partial charge in [0.25, 0.3) is 0 Å². The number of hydrogen-bond acceptors (Lipinski definition) is 8. The van der Waals surface area contributed by atoms with E-state index in [0.717, 1.165) is 18.4 Å². The highest BCUT2D eigenvalue weighted by Gasteiger charge is 2.49. The van der Waals surface area contributed by atoms with Gasteiger partial charge < -0.3 is 30.2 Å². The Morgan fingerprint density at radius 2 is 1.98 bits per heavy atom. The number of carboxylic acid groups (broad SMARTS) is 1. The minimum absolute atomic E-state index is 0.0763. The number of anilines is 1. The van der Waals surface area contributed by atoms with Crippen molar-refractivity contribution >= 4 is 29.0 Å². The lowest BCUT2D eigenvalue weighted by molar-refractivity contribution is -0.111. The molecule has 0 aliphatic carbocycles. The third-order valence-electron chi connectivity index (χ3n) is 7.67. The van der Waals surface area contributed by atoms with Crippen LogP contribution >= 0.6 is 0 Å². The number of urea groups is 1.